The summed E-state index contributed by atoms with van der Waals surface area (Å²) < 4.78 is 0. The SMILES string of the molecule is O=C(CBr)c1csc(-c2ccccn2)n1. The molecule has 2 aromatic rings. The third-order valence-electron chi connectivity index (χ3n) is 1.80. The predicted octanol–water partition coefficient (Wildman–Crippen LogP) is 2.78. The van der Waals surface area contributed by atoms with Crippen molar-refractivity contribution in [1.82, 2.24) is 9.97 Å². The summed E-state index contributed by atoms with van der Waals surface area (Å²) in [6.07, 6.45) is 1.71. The van der Waals surface area contributed by atoms with Crippen molar-refractivity contribution in [3.8, 4) is 10.7 Å². The smallest absolute Gasteiger partial charge is 0.192 e. The highest BCUT2D eigenvalue weighted by Gasteiger charge is 2.10. The molecule has 0 atom stereocenters. The summed E-state index contributed by atoms with van der Waals surface area (Å²) in [5, 5.41) is 2.84. The van der Waals surface area contributed by atoms with Crippen LogP contribution in [0.15, 0.2) is 29.8 Å². The minimum Gasteiger partial charge on any atom is -0.291 e. The largest absolute Gasteiger partial charge is 0.291 e. The van der Waals surface area contributed by atoms with Crippen LogP contribution in [0.4, 0.5) is 0 Å². The third kappa shape index (κ3) is 2.30. The summed E-state index contributed by atoms with van der Waals surface area (Å²) in [7, 11) is 0. The number of ketones is 1. The molecule has 0 aromatic carbocycles. The average molecular weight is 283 g/mol. The van der Waals surface area contributed by atoms with Crippen LogP contribution in [0.5, 0.6) is 0 Å². The molecule has 0 unspecified atom stereocenters. The summed E-state index contributed by atoms with van der Waals surface area (Å²) in [5.74, 6) is -0.00608. The van der Waals surface area contributed by atoms with Gasteiger partial charge in [0.25, 0.3) is 0 Å². The van der Waals surface area contributed by atoms with Crippen LogP contribution in [0.25, 0.3) is 10.7 Å². The standard InChI is InChI=1S/C10H7BrN2OS/c11-5-9(14)8-6-15-10(13-8)7-3-1-2-4-12-7/h1-4,6H,5H2. The van der Waals surface area contributed by atoms with Crippen molar-refractivity contribution in [1.29, 1.82) is 0 Å². The van der Waals surface area contributed by atoms with Crippen molar-refractivity contribution in [2.75, 3.05) is 5.33 Å². The first-order valence-corrected chi connectivity index (χ1v) is 6.27. The minimum atomic E-state index is -0.00608. The van der Waals surface area contributed by atoms with Crippen LogP contribution in [-0.2, 0) is 0 Å². The molecule has 3 nitrogen and oxygen atoms in total. The number of hydrogen-bond donors (Lipinski definition) is 0. The van der Waals surface area contributed by atoms with Crippen LogP contribution in [0.2, 0.25) is 0 Å². The highest BCUT2D eigenvalue weighted by atomic mass is 79.9. The number of rotatable bonds is 3. The highest BCUT2D eigenvalue weighted by molar-refractivity contribution is 9.09. The quantitative estimate of drug-likeness (QED) is 0.642. The van der Waals surface area contributed by atoms with Crippen LogP contribution >= 0.6 is 27.3 Å². The van der Waals surface area contributed by atoms with E-state index in [0.717, 1.165) is 10.7 Å². The van der Waals surface area contributed by atoms with Gasteiger partial charge >= 0.3 is 0 Å². The molecule has 76 valence electrons. The lowest BCUT2D eigenvalue weighted by atomic mass is 10.3. The Morgan fingerprint density at radius 3 is 3.00 bits per heavy atom. The highest BCUT2D eigenvalue weighted by Crippen LogP contribution is 2.21. The van der Waals surface area contributed by atoms with E-state index in [2.05, 4.69) is 25.9 Å². The van der Waals surface area contributed by atoms with Gasteiger partial charge in [-0.25, -0.2) is 4.98 Å². The first-order chi connectivity index (χ1) is 7.31. The van der Waals surface area contributed by atoms with Crippen molar-refractivity contribution >= 4 is 33.0 Å². The Labute approximate surface area is 99.3 Å². The lowest BCUT2D eigenvalue weighted by molar-refractivity contribution is 0.102. The van der Waals surface area contributed by atoms with E-state index in [1.807, 2.05) is 18.2 Å². The second-order valence-corrected chi connectivity index (χ2v) is 4.23. The molecule has 0 N–H and O–H groups in total. The van der Waals surface area contributed by atoms with Gasteiger partial charge in [0.1, 0.15) is 10.7 Å². The number of thiazole rings is 1. The van der Waals surface area contributed by atoms with Crippen LogP contribution in [0.3, 0.4) is 0 Å². The predicted molar refractivity (Wildman–Crippen MR) is 63.5 cm³/mol. The average Bonchev–Trinajstić information content (AvgIpc) is 2.78. The molecule has 0 fully saturated rings. The first-order valence-electron chi connectivity index (χ1n) is 4.27. The molecule has 0 aliphatic rings. The fourth-order valence-electron chi connectivity index (χ4n) is 1.08. The summed E-state index contributed by atoms with van der Waals surface area (Å²) in [6, 6.07) is 5.62. The number of carbonyl (C=O) groups is 1. The topological polar surface area (TPSA) is 42.9 Å². The Bertz CT molecular complexity index is 469. The van der Waals surface area contributed by atoms with Crippen LogP contribution in [0.1, 0.15) is 10.5 Å². The number of halogens is 1. The second-order valence-electron chi connectivity index (χ2n) is 2.81. The number of aromatic nitrogens is 2. The molecule has 2 aromatic heterocycles. The lowest BCUT2D eigenvalue weighted by Gasteiger charge is -1.92. The molecule has 5 heteroatoms. The molecule has 2 heterocycles. The molecular weight excluding hydrogens is 276 g/mol. The third-order valence-corrected chi connectivity index (χ3v) is 3.17. The zero-order chi connectivity index (χ0) is 10.7. The second kappa shape index (κ2) is 4.63. The maximum absolute atomic E-state index is 11.3. The Morgan fingerprint density at radius 2 is 2.33 bits per heavy atom. The molecule has 0 saturated carbocycles. The number of pyridine rings is 1. The van der Waals surface area contributed by atoms with Gasteiger partial charge in [-0.15, -0.1) is 11.3 Å². The van der Waals surface area contributed by atoms with Gasteiger partial charge in [0.2, 0.25) is 0 Å². The molecule has 0 bridgehead atoms. The molecule has 15 heavy (non-hydrogen) atoms. The van der Waals surface area contributed by atoms with Crippen molar-refractivity contribution < 1.29 is 4.79 Å². The van der Waals surface area contributed by atoms with E-state index >= 15 is 0 Å². The van der Waals surface area contributed by atoms with E-state index in [0.29, 0.717) is 11.0 Å². The lowest BCUT2D eigenvalue weighted by Crippen LogP contribution is -1.99. The Hall–Kier alpha value is -1.07. The van der Waals surface area contributed by atoms with Crippen LogP contribution < -0.4 is 0 Å². The Morgan fingerprint density at radius 1 is 1.47 bits per heavy atom. The number of alkyl halides is 1. The maximum atomic E-state index is 11.3. The Kier molecular flexibility index (Phi) is 3.23. The van der Waals surface area contributed by atoms with E-state index < -0.39 is 0 Å². The van der Waals surface area contributed by atoms with Gasteiger partial charge in [-0.1, -0.05) is 22.0 Å². The van der Waals surface area contributed by atoms with Crippen molar-refractivity contribution in [3.05, 3.63) is 35.5 Å². The molecule has 0 amide bonds. The molecular formula is C10H7BrN2OS. The van der Waals surface area contributed by atoms with Gasteiger partial charge in [-0.2, -0.15) is 0 Å². The van der Waals surface area contributed by atoms with Crippen LogP contribution in [-0.4, -0.2) is 21.1 Å². The number of hydrogen-bond acceptors (Lipinski definition) is 4. The minimum absolute atomic E-state index is 0.00608. The summed E-state index contributed by atoms with van der Waals surface area (Å²) in [6.45, 7) is 0. The van der Waals surface area contributed by atoms with Gasteiger partial charge in [0.15, 0.2) is 5.78 Å². The van der Waals surface area contributed by atoms with Gasteiger partial charge in [0.05, 0.1) is 11.0 Å². The molecule has 0 aliphatic heterocycles. The molecule has 0 spiro atoms. The fraction of sp³-hybridized carbons (Fsp3) is 0.100. The Balaban J connectivity index is 2.32. The number of carbonyl (C=O) groups excluding carboxylic acids is 1. The molecule has 0 saturated heterocycles. The maximum Gasteiger partial charge on any atom is 0.192 e. The van der Waals surface area contributed by atoms with E-state index in [4.69, 9.17) is 0 Å². The molecule has 2 rings (SSSR count). The normalized spacial score (nSPS) is 10.2. The monoisotopic (exact) mass is 282 g/mol. The van der Waals surface area contributed by atoms with Gasteiger partial charge < -0.3 is 0 Å². The van der Waals surface area contributed by atoms with Gasteiger partial charge in [-0.3, -0.25) is 9.78 Å². The summed E-state index contributed by atoms with van der Waals surface area (Å²) in [4.78, 5) is 19.7. The van der Waals surface area contributed by atoms with E-state index in [9.17, 15) is 4.79 Å². The number of nitrogens with zero attached hydrogens (tertiary/aromatic N) is 2. The zero-order valence-corrected chi connectivity index (χ0v) is 10.1. The summed E-state index contributed by atoms with van der Waals surface area (Å²) >= 11 is 4.55. The van der Waals surface area contributed by atoms with Crippen molar-refractivity contribution in [2.24, 2.45) is 0 Å². The number of Topliss-reactive ketones (excluding diaryl/α,β-unsaturated/α-hetero) is 1. The van der Waals surface area contributed by atoms with Crippen molar-refractivity contribution in [2.45, 2.75) is 0 Å². The molecule has 0 radical (unpaired) electrons. The van der Waals surface area contributed by atoms with E-state index in [-0.39, 0.29) is 5.78 Å². The first kappa shape index (κ1) is 10.4. The van der Waals surface area contributed by atoms with E-state index in [1.165, 1.54) is 11.3 Å². The zero-order valence-electron chi connectivity index (χ0n) is 7.68. The summed E-state index contributed by atoms with van der Waals surface area (Å²) in [5.41, 5.74) is 1.30. The molecule has 0 aliphatic carbocycles. The van der Waals surface area contributed by atoms with Crippen molar-refractivity contribution in [3.63, 3.8) is 0 Å². The van der Waals surface area contributed by atoms with Gasteiger partial charge in [-0.05, 0) is 12.1 Å². The fourth-order valence-corrected chi connectivity index (χ4v) is 2.16. The van der Waals surface area contributed by atoms with E-state index in [1.54, 1.807) is 11.6 Å². The van der Waals surface area contributed by atoms with Crippen LogP contribution in [0, 0.1) is 0 Å². The van der Waals surface area contributed by atoms with Gasteiger partial charge in [0, 0.05) is 11.6 Å².